The van der Waals surface area contributed by atoms with Gasteiger partial charge in [0.2, 0.25) is 5.91 Å². The van der Waals surface area contributed by atoms with Crippen molar-refractivity contribution in [2.45, 2.75) is 56.4 Å². The maximum absolute atomic E-state index is 14.7. The second kappa shape index (κ2) is 14.2. The van der Waals surface area contributed by atoms with E-state index in [4.69, 9.17) is 17.3 Å². The van der Waals surface area contributed by atoms with Crippen molar-refractivity contribution < 1.29 is 27.9 Å². The molecule has 4 N–H and O–H groups in total. The number of nitrogens with one attached hydrogen (secondary N) is 1. The Kier molecular flexibility index (Phi) is 9.87. The first-order valence-corrected chi connectivity index (χ1v) is 18.0. The Hall–Kier alpha value is -4.34. The molecule has 3 fully saturated rings. The molecule has 0 saturated carbocycles. The number of carboxylic acid groups (broad SMARTS) is 1. The summed E-state index contributed by atoms with van der Waals surface area (Å²) in [6.45, 7) is 4.69. The number of hydrogen-bond acceptors (Lipinski definition) is 7. The summed E-state index contributed by atoms with van der Waals surface area (Å²) >= 11 is 6.23. The molecular weight excluding hydrogens is 701 g/mol. The third-order valence-corrected chi connectivity index (χ3v) is 11.6. The molecular formula is C36H42ClF3N8O4. The van der Waals surface area contributed by atoms with Crippen LogP contribution in [-0.4, -0.2) is 116 Å². The van der Waals surface area contributed by atoms with Crippen molar-refractivity contribution in [1.82, 2.24) is 34.1 Å². The number of nitrogens with zero attached hydrogens (tertiary/aromatic N) is 6. The fraction of sp³-hybridized carbons (Fsp3) is 0.500. The van der Waals surface area contributed by atoms with Crippen molar-refractivity contribution in [3.05, 3.63) is 69.2 Å². The standard InChI is InChI=1S/C36H42ClF3N8O4/c1-44-12-14-45(15-13-44)22-6-9-46(10-7-22)33(49)25(16-21-17-26(36(38,39)40)31(41)27(37)18-21)29-19-23(8-11-47(29)35(51)52)48-30-20-42-28-5-3-2-4-24(28)32(30)43-34(48)50/h2-5,17-18,20,22-23,25,29H,6-16,19,41H2,1H3,(H,43,50)(H,51,52)/t23?,25?,29-/m0/s1. The summed E-state index contributed by atoms with van der Waals surface area (Å²) in [7, 11) is 2.09. The van der Waals surface area contributed by atoms with Gasteiger partial charge in [-0.3, -0.25) is 19.2 Å². The summed E-state index contributed by atoms with van der Waals surface area (Å²) in [6.07, 6.45) is -2.83. The van der Waals surface area contributed by atoms with Gasteiger partial charge in [-0.25, -0.2) is 9.59 Å². The number of hydrogen-bond donors (Lipinski definition) is 3. The van der Waals surface area contributed by atoms with E-state index >= 15 is 0 Å². The first-order valence-electron chi connectivity index (χ1n) is 17.6. The second-order valence-electron chi connectivity index (χ2n) is 14.3. The van der Waals surface area contributed by atoms with E-state index in [0.717, 1.165) is 50.5 Å². The molecule has 2 amide bonds. The minimum absolute atomic E-state index is 0.0103. The summed E-state index contributed by atoms with van der Waals surface area (Å²) in [5, 5.41) is 10.9. The number of imidazole rings is 1. The molecule has 0 aliphatic carbocycles. The summed E-state index contributed by atoms with van der Waals surface area (Å²) < 4.78 is 43.7. The largest absolute Gasteiger partial charge is 0.465 e. The van der Waals surface area contributed by atoms with Crippen molar-refractivity contribution in [3.8, 4) is 0 Å². The molecule has 278 valence electrons. The van der Waals surface area contributed by atoms with Crippen LogP contribution in [-0.2, 0) is 17.4 Å². The van der Waals surface area contributed by atoms with Crippen LogP contribution < -0.4 is 11.4 Å². The van der Waals surface area contributed by atoms with Crippen molar-refractivity contribution in [1.29, 1.82) is 0 Å². The molecule has 0 radical (unpaired) electrons. The molecule has 3 atom stereocenters. The number of alkyl halides is 3. The van der Waals surface area contributed by atoms with Gasteiger partial charge in [0.1, 0.15) is 0 Å². The Balaban J connectivity index is 1.24. The number of carbonyl (C=O) groups is 2. The zero-order valence-corrected chi connectivity index (χ0v) is 29.5. The number of H-pyrrole nitrogens is 1. The lowest BCUT2D eigenvalue weighted by atomic mass is 9.82. The molecule has 12 nitrogen and oxygen atoms in total. The van der Waals surface area contributed by atoms with E-state index < -0.39 is 47.2 Å². The maximum atomic E-state index is 14.7. The SMILES string of the molecule is CN1CCN(C2CCN(C(=O)C(Cc3cc(Cl)c(N)c(C(F)(F)F)c3)[C@@H]3CC(n4c(=O)[nH]c5c6ccccc6ncc54)CCN3C(=O)O)CC2)CC1. The molecule has 16 heteroatoms. The number of likely N-dealkylation sites (N-methyl/N-ethyl adjacent to an activating group) is 1. The Morgan fingerprint density at radius 2 is 1.73 bits per heavy atom. The van der Waals surface area contributed by atoms with Crippen molar-refractivity contribution in [2.24, 2.45) is 5.92 Å². The number of nitrogen functional groups attached to an aromatic ring is 1. The third-order valence-electron chi connectivity index (χ3n) is 11.3. The minimum atomic E-state index is -4.80. The number of piperazine rings is 1. The number of rotatable bonds is 6. The lowest BCUT2D eigenvalue weighted by Gasteiger charge is -2.45. The highest BCUT2D eigenvalue weighted by atomic mass is 35.5. The van der Waals surface area contributed by atoms with Gasteiger partial charge >= 0.3 is 18.0 Å². The van der Waals surface area contributed by atoms with Gasteiger partial charge in [0.15, 0.2) is 0 Å². The van der Waals surface area contributed by atoms with Crippen LogP contribution >= 0.6 is 11.6 Å². The number of amides is 2. The fourth-order valence-electron chi connectivity index (χ4n) is 8.46. The number of piperidine rings is 2. The third kappa shape index (κ3) is 6.93. The molecule has 52 heavy (non-hydrogen) atoms. The van der Waals surface area contributed by atoms with Gasteiger partial charge in [0.25, 0.3) is 0 Å². The normalized spacial score (nSPS) is 21.9. The molecule has 7 rings (SSSR count). The van der Waals surface area contributed by atoms with Crippen molar-refractivity contribution in [3.63, 3.8) is 0 Å². The van der Waals surface area contributed by atoms with E-state index in [0.29, 0.717) is 35.7 Å². The molecule has 3 aliphatic rings. The number of nitrogens with two attached hydrogens (primary N) is 1. The van der Waals surface area contributed by atoms with Crippen LogP contribution in [0.25, 0.3) is 21.9 Å². The van der Waals surface area contributed by atoms with Crippen molar-refractivity contribution >= 4 is 51.2 Å². The smallest absolute Gasteiger partial charge is 0.418 e. The van der Waals surface area contributed by atoms with Crippen molar-refractivity contribution in [2.75, 3.05) is 58.6 Å². The fourth-order valence-corrected chi connectivity index (χ4v) is 8.70. The Morgan fingerprint density at radius 3 is 2.42 bits per heavy atom. The molecule has 5 heterocycles. The lowest BCUT2D eigenvalue weighted by molar-refractivity contribution is -0.140. The first-order chi connectivity index (χ1) is 24.8. The number of anilines is 1. The number of halogens is 4. The van der Waals surface area contributed by atoms with Crippen LogP contribution in [0, 0.1) is 5.92 Å². The quantitative estimate of drug-likeness (QED) is 0.237. The van der Waals surface area contributed by atoms with Crippen LogP contribution in [0.2, 0.25) is 5.02 Å². The number of para-hydroxylation sites is 1. The predicted molar refractivity (Wildman–Crippen MR) is 191 cm³/mol. The zero-order valence-electron chi connectivity index (χ0n) is 28.8. The van der Waals surface area contributed by atoms with Crippen LogP contribution in [0.5, 0.6) is 0 Å². The topological polar surface area (TPSA) is 144 Å². The van der Waals surface area contributed by atoms with Gasteiger partial charge in [-0.05, 0) is 62.9 Å². The van der Waals surface area contributed by atoms with E-state index in [1.165, 1.54) is 11.0 Å². The highest BCUT2D eigenvalue weighted by Gasteiger charge is 2.44. The van der Waals surface area contributed by atoms with Gasteiger partial charge in [-0.15, -0.1) is 0 Å². The van der Waals surface area contributed by atoms with E-state index in [-0.39, 0.29) is 42.3 Å². The number of aromatic amines is 1. The number of aromatic nitrogens is 3. The van der Waals surface area contributed by atoms with Gasteiger partial charge in [0.05, 0.1) is 44.9 Å². The van der Waals surface area contributed by atoms with Crippen LogP contribution in [0.3, 0.4) is 0 Å². The lowest BCUT2D eigenvalue weighted by Crippen LogP contribution is -2.57. The maximum Gasteiger partial charge on any atom is 0.418 e. The summed E-state index contributed by atoms with van der Waals surface area (Å²) in [5.41, 5.74) is 5.57. The van der Waals surface area contributed by atoms with Crippen LogP contribution in [0.1, 0.15) is 42.9 Å². The van der Waals surface area contributed by atoms with E-state index in [2.05, 4.69) is 26.8 Å². The van der Waals surface area contributed by atoms with Gasteiger partial charge in [-0.2, -0.15) is 13.2 Å². The average molecular weight is 743 g/mol. The monoisotopic (exact) mass is 742 g/mol. The molecule has 0 spiro atoms. The number of pyridine rings is 1. The molecule has 3 aliphatic heterocycles. The van der Waals surface area contributed by atoms with Gasteiger partial charge in [0, 0.05) is 69.3 Å². The van der Waals surface area contributed by atoms with Crippen LogP contribution in [0.15, 0.2) is 47.4 Å². The highest BCUT2D eigenvalue weighted by Crippen LogP contribution is 2.40. The number of carbonyl (C=O) groups excluding carboxylic acids is 1. The van der Waals surface area contributed by atoms with Gasteiger partial charge in [-0.1, -0.05) is 29.8 Å². The molecule has 4 aromatic rings. The van der Waals surface area contributed by atoms with E-state index in [9.17, 15) is 32.7 Å². The van der Waals surface area contributed by atoms with E-state index in [1.54, 1.807) is 15.7 Å². The summed E-state index contributed by atoms with van der Waals surface area (Å²) in [4.78, 5) is 56.2. The molecule has 2 aromatic heterocycles. The minimum Gasteiger partial charge on any atom is -0.465 e. The number of likely N-dealkylation sites (tertiary alicyclic amines) is 2. The second-order valence-corrected chi connectivity index (χ2v) is 14.7. The highest BCUT2D eigenvalue weighted by molar-refractivity contribution is 6.33. The van der Waals surface area contributed by atoms with E-state index in [1.807, 2.05) is 24.3 Å². The predicted octanol–water partition coefficient (Wildman–Crippen LogP) is 4.91. The Morgan fingerprint density at radius 1 is 1.04 bits per heavy atom. The molecule has 2 aromatic carbocycles. The Bertz CT molecular complexity index is 2040. The molecule has 0 bridgehead atoms. The zero-order chi connectivity index (χ0) is 36.9. The Labute approximate surface area is 302 Å². The summed E-state index contributed by atoms with van der Waals surface area (Å²) in [5.74, 6) is -1.41. The number of benzene rings is 2. The first kappa shape index (κ1) is 36.0. The number of fused-ring (bicyclic) bond motifs is 3. The summed E-state index contributed by atoms with van der Waals surface area (Å²) in [6, 6.07) is 8.41. The molecule has 2 unspecified atom stereocenters. The molecule has 3 saturated heterocycles. The van der Waals surface area contributed by atoms with Crippen LogP contribution in [0.4, 0.5) is 23.7 Å². The average Bonchev–Trinajstić information content (AvgIpc) is 3.47. The van der Waals surface area contributed by atoms with Gasteiger partial charge < -0.3 is 30.5 Å².